The van der Waals surface area contributed by atoms with E-state index in [9.17, 15) is 12.8 Å². The van der Waals surface area contributed by atoms with Gasteiger partial charge < -0.3 is 14.9 Å². The van der Waals surface area contributed by atoms with Gasteiger partial charge in [0.05, 0.1) is 11.2 Å². The van der Waals surface area contributed by atoms with Crippen molar-refractivity contribution in [3.8, 4) is 5.75 Å². The zero-order chi connectivity index (χ0) is 22.9. The Bertz CT molecular complexity index is 1110. The summed E-state index contributed by atoms with van der Waals surface area (Å²) in [6.07, 6.45) is 3.47. The monoisotopic (exact) mass is 450 g/mol. The lowest BCUT2D eigenvalue weighted by molar-refractivity contribution is 0.347. The number of aromatic nitrogens is 1. The fourth-order valence-electron chi connectivity index (χ4n) is 2.50. The largest absolute Gasteiger partial charge is 0.489 e. The topological polar surface area (TPSA) is 116 Å². The van der Waals surface area contributed by atoms with Crippen LogP contribution in [0.4, 0.5) is 4.39 Å². The number of hydrogen-bond acceptors (Lipinski definition) is 6. The van der Waals surface area contributed by atoms with Gasteiger partial charge in [0.15, 0.2) is 11.5 Å². The molecule has 1 aromatic heterocycles. The maximum absolute atomic E-state index is 12.4. The number of benzene rings is 2. The van der Waals surface area contributed by atoms with Crippen molar-refractivity contribution < 1.29 is 26.5 Å². The standard InChI is InChI=1S/C15H19FN2O2.C7H8O3S/c1-2-3-4-15-18-13-6-5-12(7-14(13)20-15)19-10-11(8-16)9-17;1-6-2-4-7(5-3-6)11(8,9)10/h5-8H,2-4,9-10,17H2,1H3;2-5H,1H3,(H,8,9,10)/b11-8-;. The van der Waals surface area contributed by atoms with Crippen molar-refractivity contribution in [3.05, 3.63) is 65.8 Å². The Morgan fingerprint density at radius 2 is 1.97 bits per heavy atom. The fourth-order valence-corrected chi connectivity index (χ4v) is 2.98. The molecule has 3 rings (SSSR count). The van der Waals surface area contributed by atoms with Gasteiger partial charge in [-0.1, -0.05) is 31.0 Å². The minimum absolute atomic E-state index is 0.0666. The van der Waals surface area contributed by atoms with Crippen LogP contribution in [0.15, 0.2) is 63.7 Å². The van der Waals surface area contributed by atoms with E-state index in [-0.39, 0.29) is 18.0 Å². The molecule has 0 aliphatic carbocycles. The van der Waals surface area contributed by atoms with Gasteiger partial charge in [-0.05, 0) is 37.6 Å². The van der Waals surface area contributed by atoms with Gasteiger partial charge in [0.2, 0.25) is 0 Å². The summed E-state index contributed by atoms with van der Waals surface area (Å²) in [5, 5.41) is 0. The Morgan fingerprint density at radius 3 is 2.55 bits per heavy atom. The summed E-state index contributed by atoms with van der Waals surface area (Å²) in [6, 6.07) is 11.4. The summed E-state index contributed by atoms with van der Waals surface area (Å²) in [5.41, 5.74) is 8.23. The number of fused-ring (bicyclic) bond motifs is 1. The molecule has 168 valence electrons. The second-order valence-corrected chi connectivity index (χ2v) is 8.31. The van der Waals surface area contributed by atoms with E-state index >= 15 is 0 Å². The van der Waals surface area contributed by atoms with Gasteiger partial charge in [-0.15, -0.1) is 0 Å². The number of hydrogen-bond donors (Lipinski definition) is 2. The number of halogens is 1. The molecule has 3 N–H and O–H groups in total. The van der Waals surface area contributed by atoms with Crippen molar-refractivity contribution >= 4 is 21.2 Å². The van der Waals surface area contributed by atoms with Gasteiger partial charge in [-0.2, -0.15) is 8.42 Å². The first kappa shape index (κ1) is 24.5. The van der Waals surface area contributed by atoms with E-state index in [1.54, 1.807) is 24.3 Å². The van der Waals surface area contributed by atoms with E-state index in [2.05, 4.69) is 11.9 Å². The minimum Gasteiger partial charge on any atom is -0.489 e. The molecule has 9 heteroatoms. The van der Waals surface area contributed by atoms with Crippen LogP contribution in [0.5, 0.6) is 5.75 Å². The van der Waals surface area contributed by atoms with Crippen LogP contribution in [-0.2, 0) is 16.5 Å². The zero-order valence-electron chi connectivity index (χ0n) is 17.5. The summed E-state index contributed by atoms with van der Waals surface area (Å²) >= 11 is 0. The first-order valence-electron chi connectivity index (χ1n) is 9.81. The van der Waals surface area contributed by atoms with Gasteiger partial charge in [0.25, 0.3) is 10.1 Å². The predicted octanol–water partition coefficient (Wildman–Crippen LogP) is 4.60. The van der Waals surface area contributed by atoms with Crippen molar-refractivity contribution in [2.45, 2.75) is 38.0 Å². The van der Waals surface area contributed by atoms with Gasteiger partial charge in [-0.25, -0.2) is 9.37 Å². The predicted molar refractivity (Wildman–Crippen MR) is 117 cm³/mol. The average Bonchev–Trinajstić information content (AvgIpc) is 3.15. The molecule has 0 aliphatic heterocycles. The van der Waals surface area contributed by atoms with Gasteiger partial charge >= 0.3 is 0 Å². The lowest BCUT2D eigenvalue weighted by atomic mass is 10.2. The highest BCUT2D eigenvalue weighted by molar-refractivity contribution is 7.85. The Morgan fingerprint density at radius 1 is 1.26 bits per heavy atom. The Kier molecular flexibility index (Phi) is 9.17. The summed E-state index contributed by atoms with van der Waals surface area (Å²) in [7, 11) is -4.02. The zero-order valence-corrected chi connectivity index (χ0v) is 18.4. The summed E-state index contributed by atoms with van der Waals surface area (Å²) in [6.45, 7) is 4.24. The lowest BCUT2D eigenvalue weighted by Gasteiger charge is -2.06. The third kappa shape index (κ3) is 7.78. The molecule has 0 radical (unpaired) electrons. The van der Waals surface area contributed by atoms with Crippen LogP contribution in [-0.4, -0.2) is 31.1 Å². The van der Waals surface area contributed by atoms with Crippen LogP contribution in [0, 0.1) is 6.92 Å². The number of nitrogens with two attached hydrogens (primary N) is 1. The van der Waals surface area contributed by atoms with E-state index in [0.717, 1.165) is 36.2 Å². The number of ether oxygens (including phenoxy) is 1. The molecule has 2 aromatic carbocycles. The molecule has 0 bridgehead atoms. The second kappa shape index (κ2) is 11.6. The molecule has 0 spiro atoms. The quantitative estimate of drug-likeness (QED) is 0.482. The molecule has 0 aliphatic rings. The molecule has 0 amide bonds. The highest BCUT2D eigenvalue weighted by Gasteiger charge is 2.08. The summed E-state index contributed by atoms with van der Waals surface area (Å²) in [5.74, 6) is 1.36. The molecule has 3 aromatic rings. The minimum atomic E-state index is -4.02. The molecule has 31 heavy (non-hydrogen) atoms. The molecular weight excluding hydrogens is 423 g/mol. The van der Waals surface area contributed by atoms with Crippen molar-refractivity contribution in [3.63, 3.8) is 0 Å². The summed E-state index contributed by atoms with van der Waals surface area (Å²) in [4.78, 5) is 4.34. The maximum Gasteiger partial charge on any atom is 0.294 e. The van der Waals surface area contributed by atoms with Crippen LogP contribution in [0.1, 0.15) is 31.2 Å². The van der Waals surface area contributed by atoms with Gasteiger partial charge in [-0.3, -0.25) is 4.55 Å². The van der Waals surface area contributed by atoms with Crippen molar-refractivity contribution in [2.75, 3.05) is 13.2 Å². The molecule has 0 atom stereocenters. The Labute approximate surface area is 181 Å². The highest BCUT2D eigenvalue weighted by atomic mass is 32.2. The maximum atomic E-state index is 12.4. The highest BCUT2D eigenvalue weighted by Crippen LogP contribution is 2.22. The van der Waals surface area contributed by atoms with Crippen LogP contribution in [0.3, 0.4) is 0 Å². The Hall–Kier alpha value is -2.75. The summed E-state index contributed by atoms with van der Waals surface area (Å²) < 4.78 is 53.1. The molecule has 0 fully saturated rings. The average molecular weight is 451 g/mol. The van der Waals surface area contributed by atoms with Crippen LogP contribution >= 0.6 is 0 Å². The third-order valence-electron chi connectivity index (χ3n) is 4.31. The van der Waals surface area contributed by atoms with Crippen LogP contribution in [0.25, 0.3) is 11.1 Å². The third-order valence-corrected chi connectivity index (χ3v) is 5.18. The van der Waals surface area contributed by atoms with Crippen molar-refractivity contribution in [1.82, 2.24) is 4.98 Å². The van der Waals surface area contributed by atoms with Gasteiger partial charge in [0.1, 0.15) is 17.9 Å². The second-order valence-electron chi connectivity index (χ2n) is 6.89. The van der Waals surface area contributed by atoms with E-state index in [4.69, 9.17) is 19.4 Å². The number of rotatable bonds is 8. The first-order chi connectivity index (χ1) is 14.8. The van der Waals surface area contributed by atoms with Gasteiger partial charge in [0, 0.05) is 24.6 Å². The fraction of sp³-hybridized carbons (Fsp3) is 0.318. The molecule has 0 saturated carbocycles. The van der Waals surface area contributed by atoms with Crippen molar-refractivity contribution in [2.24, 2.45) is 5.73 Å². The van der Waals surface area contributed by atoms with E-state index in [0.29, 0.717) is 23.2 Å². The first-order valence-corrected chi connectivity index (χ1v) is 11.3. The van der Waals surface area contributed by atoms with Crippen LogP contribution < -0.4 is 10.5 Å². The lowest BCUT2D eigenvalue weighted by Crippen LogP contribution is -2.10. The molecule has 0 saturated heterocycles. The number of aryl methyl sites for hydroxylation is 2. The number of oxazole rings is 1. The van der Waals surface area contributed by atoms with E-state index < -0.39 is 10.1 Å². The smallest absolute Gasteiger partial charge is 0.294 e. The molecular formula is C22H27FN2O5S. The number of unbranched alkanes of at least 4 members (excludes halogenated alkanes) is 1. The van der Waals surface area contributed by atoms with E-state index in [1.807, 2.05) is 13.0 Å². The molecule has 1 heterocycles. The Balaban J connectivity index is 0.000000262. The molecule has 0 unspecified atom stereocenters. The number of nitrogens with zero attached hydrogens (tertiary/aromatic N) is 1. The molecule has 7 nitrogen and oxygen atoms in total. The van der Waals surface area contributed by atoms with E-state index in [1.165, 1.54) is 12.1 Å². The SMILES string of the molecule is CCCCc1nc2ccc(OC/C(=C\F)CN)cc2o1.Cc1ccc(S(=O)(=O)O)cc1. The normalized spacial score (nSPS) is 11.8. The van der Waals surface area contributed by atoms with Crippen molar-refractivity contribution in [1.29, 1.82) is 0 Å². The van der Waals surface area contributed by atoms with Crippen LogP contribution in [0.2, 0.25) is 0 Å².